The number of rotatable bonds is 7. The number of carboxylic acid groups (broad SMARTS) is 1. The van der Waals surface area contributed by atoms with E-state index in [1.165, 1.54) is 27.8 Å². The number of fused-ring (bicyclic) bond motifs is 1. The number of hydrogen-bond acceptors (Lipinski definition) is 1. The zero-order chi connectivity index (χ0) is 17.0. The Kier molecular flexibility index (Phi) is 5.81. The van der Waals surface area contributed by atoms with E-state index in [1.54, 1.807) is 0 Å². The van der Waals surface area contributed by atoms with Gasteiger partial charge in [-0.15, -0.1) is 0 Å². The molecule has 0 saturated heterocycles. The van der Waals surface area contributed by atoms with Crippen molar-refractivity contribution in [2.75, 3.05) is 0 Å². The van der Waals surface area contributed by atoms with Crippen molar-refractivity contribution in [2.45, 2.75) is 59.3 Å². The Labute approximate surface area is 139 Å². The van der Waals surface area contributed by atoms with Crippen LogP contribution in [0.2, 0.25) is 0 Å². The van der Waals surface area contributed by atoms with Crippen molar-refractivity contribution in [1.29, 1.82) is 0 Å². The molecule has 2 aliphatic rings. The van der Waals surface area contributed by atoms with Crippen LogP contribution in [0.1, 0.15) is 62.6 Å². The minimum atomic E-state index is -0.704. The van der Waals surface area contributed by atoms with Crippen LogP contribution in [0, 0.1) is 12.8 Å². The van der Waals surface area contributed by atoms with Crippen LogP contribution in [0.15, 0.2) is 30.3 Å². The molecule has 23 heavy (non-hydrogen) atoms. The summed E-state index contributed by atoms with van der Waals surface area (Å²) in [5, 5.41) is 8.83. The lowest BCUT2D eigenvalue weighted by atomic mass is 9.91. The van der Waals surface area contributed by atoms with Gasteiger partial charge in [-0.1, -0.05) is 51.1 Å². The molecule has 124 valence electrons. The van der Waals surface area contributed by atoms with E-state index >= 15 is 0 Å². The molecule has 0 amide bonds. The van der Waals surface area contributed by atoms with Gasteiger partial charge in [0.25, 0.3) is 0 Å². The van der Waals surface area contributed by atoms with Crippen LogP contribution in [-0.4, -0.2) is 11.1 Å². The zero-order valence-electron chi connectivity index (χ0n) is 14.7. The average Bonchev–Trinajstić information content (AvgIpc) is 2.70. The van der Waals surface area contributed by atoms with Gasteiger partial charge < -0.3 is 5.11 Å². The summed E-state index contributed by atoms with van der Waals surface area (Å²) in [5.74, 6) is 0.307. The molecule has 2 nitrogen and oxygen atoms in total. The third-order valence-corrected chi connectivity index (χ3v) is 4.54. The number of carboxylic acids is 1. The molecule has 0 aromatic carbocycles. The Hall–Kier alpha value is -1.83. The smallest absolute Gasteiger partial charge is 0.303 e. The Morgan fingerprint density at radius 1 is 1.09 bits per heavy atom. The third-order valence-electron chi connectivity index (χ3n) is 4.54. The van der Waals surface area contributed by atoms with Crippen molar-refractivity contribution >= 4 is 5.97 Å². The molecule has 0 bridgehead atoms. The molecular weight excluding hydrogens is 284 g/mol. The minimum absolute atomic E-state index is 0.255. The lowest BCUT2D eigenvalue weighted by Gasteiger charge is -2.13. The van der Waals surface area contributed by atoms with E-state index in [0.717, 1.165) is 19.3 Å². The predicted molar refractivity (Wildman–Crippen MR) is 96.2 cm³/mol. The van der Waals surface area contributed by atoms with Gasteiger partial charge in [-0.2, -0.15) is 0 Å². The molecule has 0 spiro atoms. The first-order chi connectivity index (χ1) is 10.9. The van der Waals surface area contributed by atoms with Crippen LogP contribution in [0.4, 0.5) is 0 Å². The number of carbonyl (C=O) groups is 1. The highest BCUT2D eigenvalue weighted by molar-refractivity contribution is 5.74. The van der Waals surface area contributed by atoms with Crippen LogP contribution < -0.4 is 0 Å². The summed E-state index contributed by atoms with van der Waals surface area (Å²) < 4.78 is 0. The molecule has 0 aromatic rings. The summed E-state index contributed by atoms with van der Waals surface area (Å²) >= 11 is 0. The fourth-order valence-electron chi connectivity index (χ4n) is 3.31. The topological polar surface area (TPSA) is 37.3 Å². The molecule has 0 aromatic heterocycles. The second-order valence-electron chi connectivity index (χ2n) is 7.14. The van der Waals surface area contributed by atoms with Crippen molar-refractivity contribution < 1.29 is 9.90 Å². The summed E-state index contributed by atoms with van der Waals surface area (Å²) in [5.41, 5.74) is 6.70. The number of aliphatic carboxylic acids is 1. The quantitative estimate of drug-likeness (QED) is 0.716. The van der Waals surface area contributed by atoms with E-state index < -0.39 is 5.97 Å². The van der Waals surface area contributed by atoms with Gasteiger partial charge in [-0.3, -0.25) is 4.79 Å². The maximum atomic E-state index is 10.7. The van der Waals surface area contributed by atoms with Crippen LogP contribution >= 0.6 is 0 Å². The molecular formula is C21H28O2. The highest BCUT2D eigenvalue weighted by Gasteiger charge is 2.16. The summed E-state index contributed by atoms with van der Waals surface area (Å²) in [6.07, 6.45) is 2.98. The summed E-state index contributed by atoms with van der Waals surface area (Å²) in [4.78, 5) is 10.7. The highest BCUT2D eigenvalue weighted by atomic mass is 16.4. The minimum Gasteiger partial charge on any atom is -0.481 e. The van der Waals surface area contributed by atoms with Crippen LogP contribution in [0.3, 0.4) is 0 Å². The molecule has 0 aliphatic heterocycles. The van der Waals surface area contributed by atoms with E-state index in [9.17, 15) is 4.79 Å². The lowest BCUT2D eigenvalue weighted by molar-refractivity contribution is -0.137. The molecule has 0 saturated carbocycles. The molecule has 0 radical (unpaired) electrons. The average molecular weight is 312 g/mol. The van der Waals surface area contributed by atoms with Crippen molar-refractivity contribution in [3.8, 4) is 11.1 Å². The second kappa shape index (κ2) is 7.63. The van der Waals surface area contributed by atoms with Gasteiger partial charge in [0.2, 0.25) is 0 Å². The van der Waals surface area contributed by atoms with Crippen LogP contribution in [0.25, 0.3) is 11.1 Å². The highest BCUT2D eigenvalue weighted by Crippen LogP contribution is 2.36. The summed E-state index contributed by atoms with van der Waals surface area (Å²) in [7, 11) is 0. The Balaban J connectivity index is 2.31. The maximum absolute atomic E-state index is 10.7. The maximum Gasteiger partial charge on any atom is 0.303 e. The molecule has 2 heteroatoms. The predicted octanol–water partition coefficient (Wildman–Crippen LogP) is 5.66. The van der Waals surface area contributed by atoms with Gasteiger partial charge in [0.05, 0.1) is 0 Å². The van der Waals surface area contributed by atoms with E-state index in [-0.39, 0.29) is 6.42 Å². The number of hydrogen-bond donors (Lipinski definition) is 1. The molecule has 1 N–H and O–H groups in total. The van der Waals surface area contributed by atoms with Crippen molar-refractivity contribution in [1.82, 2.24) is 0 Å². The molecule has 0 fully saturated rings. The third kappa shape index (κ3) is 4.57. The van der Waals surface area contributed by atoms with Crippen LogP contribution in [-0.2, 0) is 11.2 Å². The standard InChI is InChI=1S/C21H28O2/c1-14(2)12-17-9-11-18(15(3)6-5-7-21(22)23)19-10-8-16(4)20(19)13-17/h8-11,13-15H,5-7,12H2,1-4H3,(H,22,23). The molecule has 1 unspecified atom stereocenters. The van der Waals surface area contributed by atoms with E-state index in [0.29, 0.717) is 11.8 Å². The monoisotopic (exact) mass is 312 g/mol. The van der Waals surface area contributed by atoms with Crippen molar-refractivity contribution in [2.24, 2.45) is 5.92 Å². The Morgan fingerprint density at radius 2 is 1.83 bits per heavy atom. The second-order valence-corrected chi connectivity index (χ2v) is 7.14. The molecule has 2 rings (SSSR count). The Morgan fingerprint density at radius 3 is 2.48 bits per heavy atom. The van der Waals surface area contributed by atoms with Gasteiger partial charge in [-0.25, -0.2) is 0 Å². The normalized spacial score (nSPS) is 12.7. The van der Waals surface area contributed by atoms with E-state index in [1.807, 2.05) is 0 Å². The van der Waals surface area contributed by atoms with Gasteiger partial charge in [0, 0.05) is 6.42 Å². The fourth-order valence-corrected chi connectivity index (χ4v) is 3.31. The molecule has 2 aliphatic carbocycles. The van der Waals surface area contributed by atoms with Gasteiger partial charge in [-0.05, 0) is 65.8 Å². The molecule has 0 heterocycles. The Bertz CT molecular complexity index is 643. The first-order valence-corrected chi connectivity index (χ1v) is 8.62. The van der Waals surface area contributed by atoms with Crippen molar-refractivity contribution in [3.63, 3.8) is 0 Å². The molecule has 1 atom stereocenters. The van der Waals surface area contributed by atoms with Crippen molar-refractivity contribution in [3.05, 3.63) is 47.0 Å². The lowest BCUT2D eigenvalue weighted by Crippen LogP contribution is -1.99. The largest absolute Gasteiger partial charge is 0.481 e. The SMILES string of the molecule is Cc1ccc2c(C(C)CCCC(=O)O)ccc(CC(C)C)cc1-2. The fraction of sp³-hybridized carbons (Fsp3) is 0.476. The summed E-state index contributed by atoms with van der Waals surface area (Å²) in [6.45, 7) is 8.87. The van der Waals surface area contributed by atoms with Crippen LogP contribution in [0.5, 0.6) is 0 Å². The van der Waals surface area contributed by atoms with Gasteiger partial charge in [0.15, 0.2) is 0 Å². The van der Waals surface area contributed by atoms with Gasteiger partial charge >= 0.3 is 5.97 Å². The first kappa shape index (κ1) is 17.5. The first-order valence-electron chi connectivity index (χ1n) is 8.62. The van der Waals surface area contributed by atoms with E-state index in [4.69, 9.17) is 5.11 Å². The van der Waals surface area contributed by atoms with E-state index in [2.05, 4.69) is 58.0 Å². The zero-order valence-corrected chi connectivity index (χ0v) is 14.7. The summed E-state index contributed by atoms with van der Waals surface area (Å²) in [6, 6.07) is 11.2. The van der Waals surface area contributed by atoms with Gasteiger partial charge in [0.1, 0.15) is 0 Å². The number of aryl methyl sites for hydroxylation is 1.